The quantitative estimate of drug-likeness (QED) is 0.839. The maximum atomic E-state index is 12.8. The van der Waals surface area contributed by atoms with E-state index in [2.05, 4.69) is 22.0 Å². The van der Waals surface area contributed by atoms with Crippen molar-refractivity contribution in [3.8, 4) is 0 Å². The minimum atomic E-state index is -0.194. The maximum Gasteiger partial charge on any atom is 0.229 e. The molecule has 0 aromatic rings. The van der Waals surface area contributed by atoms with Gasteiger partial charge in [0.2, 0.25) is 5.91 Å². The Labute approximate surface area is 134 Å². The van der Waals surface area contributed by atoms with Crippen molar-refractivity contribution >= 4 is 18.3 Å². The lowest BCUT2D eigenvalue weighted by Gasteiger charge is -2.37. The van der Waals surface area contributed by atoms with Crippen molar-refractivity contribution in [3.05, 3.63) is 0 Å². The van der Waals surface area contributed by atoms with Crippen LogP contribution in [-0.2, 0) is 9.53 Å². The highest BCUT2D eigenvalue weighted by Crippen LogP contribution is 2.28. The summed E-state index contributed by atoms with van der Waals surface area (Å²) in [4.78, 5) is 17.3. The minimum Gasteiger partial charge on any atom is -0.383 e. The van der Waals surface area contributed by atoms with Crippen LogP contribution in [0.5, 0.6) is 0 Å². The fraction of sp³-hybridized carbons (Fsp3) is 0.933. The molecule has 0 spiro atoms. The van der Waals surface area contributed by atoms with Crippen LogP contribution in [0.3, 0.4) is 0 Å². The predicted octanol–water partition coefficient (Wildman–Crippen LogP) is 0.979. The first-order chi connectivity index (χ1) is 9.65. The summed E-state index contributed by atoms with van der Waals surface area (Å²) in [5.74, 6) is 0.346. The van der Waals surface area contributed by atoms with Crippen LogP contribution < -0.4 is 5.32 Å². The van der Waals surface area contributed by atoms with Gasteiger partial charge in [0.05, 0.1) is 12.0 Å². The molecule has 5 nitrogen and oxygen atoms in total. The van der Waals surface area contributed by atoms with E-state index in [-0.39, 0.29) is 17.8 Å². The summed E-state index contributed by atoms with van der Waals surface area (Å²) in [6.45, 7) is 9.54. The highest BCUT2D eigenvalue weighted by Gasteiger charge is 2.37. The normalized spacial score (nSPS) is 27.8. The second-order valence-corrected chi connectivity index (χ2v) is 6.32. The van der Waals surface area contributed by atoms with Gasteiger partial charge < -0.3 is 15.0 Å². The van der Waals surface area contributed by atoms with Gasteiger partial charge in [0, 0.05) is 39.8 Å². The molecule has 1 atom stereocenters. The number of nitrogens with one attached hydrogen (secondary N) is 1. The van der Waals surface area contributed by atoms with Gasteiger partial charge in [-0.05, 0) is 39.3 Å². The van der Waals surface area contributed by atoms with Gasteiger partial charge >= 0.3 is 0 Å². The molecule has 2 fully saturated rings. The zero-order chi connectivity index (χ0) is 14.4. The van der Waals surface area contributed by atoms with Crippen LogP contribution in [0.2, 0.25) is 0 Å². The number of carbonyl (C=O) groups is 1. The average molecular weight is 320 g/mol. The van der Waals surface area contributed by atoms with Gasteiger partial charge in [-0.1, -0.05) is 0 Å². The SMILES string of the molecule is COCCN1CCCN(C(=O)C2(C)CCCNC2)CC1.Cl. The van der Waals surface area contributed by atoms with E-state index in [0.29, 0.717) is 5.91 Å². The molecule has 0 aromatic carbocycles. The molecule has 0 aliphatic carbocycles. The van der Waals surface area contributed by atoms with Crippen LogP contribution in [0.1, 0.15) is 26.2 Å². The fourth-order valence-corrected chi connectivity index (χ4v) is 3.24. The minimum absolute atomic E-state index is 0. The summed E-state index contributed by atoms with van der Waals surface area (Å²) in [5.41, 5.74) is -0.194. The predicted molar refractivity (Wildman–Crippen MR) is 87.0 cm³/mol. The molecule has 0 saturated carbocycles. The molecular formula is C15H30ClN3O2. The number of rotatable bonds is 4. The number of piperidine rings is 1. The van der Waals surface area contributed by atoms with Crippen LogP contribution in [0.4, 0.5) is 0 Å². The van der Waals surface area contributed by atoms with Crippen LogP contribution in [0.25, 0.3) is 0 Å². The summed E-state index contributed by atoms with van der Waals surface area (Å²) in [7, 11) is 1.74. The third kappa shape index (κ3) is 5.09. The number of hydrogen-bond acceptors (Lipinski definition) is 4. The molecule has 0 radical (unpaired) electrons. The molecule has 2 aliphatic rings. The molecule has 21 heavy (non-hydrogen) atoms. The summed E-state index contributed by atoms with van der Waals surface area (Å²) in [5, 5.41) is 3.37. The van der Waals surface area contributed by atoms with E-state index in [1.54, 1.807) is 7.11 Å². The van der Waals surface area contributed by atoms with Gasteiger partial charge in [0.25, 0.3) is 0 Å². The topological polar surface area (TPSA) is 44.8 Å². The molecule has 2 saturated heterocycles. The zero-order valence-corrected chi connectivity index (χ0v) is 14.2. The number of ether oxygens (including phenoxy) is 1. The van der Waals surface area contributed by atoms with Crippen molar-refractivity contribution in [2.24, 2.45) is 5.41 Å². The highest BCUT2D eigenvalue weighted by molar-refractivity contribution is 5.85. The highest BCUT2D eigenvalue weighted by atomic mass is 35.5. The van der Waals surface area contributed by atoms with E-state index < -0.39 is 0 Å². The molecule has 0 bridgehead atoms. The molecule has 6 heteroatoms. The van der Waals surface area contributed by atoms with Crippen molar-refractivity contribution in [2.45, 2.75) is 26.2 Å². The van der Waals surface area contributed by atoms with Crippen LogP contribution >= 0.6 is 12.4 Å². The summed E-state index contributed by atoms with van der Waals surface area (Å²) in [6.07, 6.45) is 3.19. The van der Waals surface area contributed by atoms with Gasteiger partial charge in [-0.25, -0.2) is 0 Å². The molecule has 1 unspecified atom stereocenters. The Morgan fingerprint density at radius 1 is 1.24 bits per heavy atom. The second kappa shape index (κ2) is 8.93. The van der Waals surface area contributed by atoms with Gasteiger partial charge in [-0.3, -0.25) is 9.69 Å². The van der Waals surface area contributed by atoms with E-state index in [0.717, 1.165) is 71.7 Å². The molecule has 0 aromatic heterocycles. The monoisotopic (exact) mass is 319 g/mol. The van der Waals surface area contributed by atoms with E-state index in [9.17, 15) is 4.79 Å². The third-order valence-corrected chi connectivity index (χ3v) is 4.60. The summed E-state index contributed by atoms with van der Waals surface area (Å²) >= 11 is 0. The first kappa shape index (κ1) is 18.7. The largest absolute Gasteiger partial charge is 0.383 e. The first-order valence-electron chi connectivity index (χ1n) is 7.87. The number of hydrogen-bond donors (Lipinski definition) is 1. The van der Waals surface area contributed by atoms with E-state index in [4.69, 9.17) is 4.74 Å². The second-order valence-electron chi connectivity index (χ2n) is 6.32. The molecule has 2 heterocycles. The average Bonchev–Trinajstić information content (AvgIpc) is 2.70. The standard InChI is InChI=1S/C15H29N3O2.ClH/c1-15(5-3-6-16-13-15)14(19)18-8-4-7-17(9-10-18)11-12-20-2;/h16H,3-13H2,1-2H3;1H. The number of amides is 1. The maximum absolute atomic E-state index is 12.8. The summed E-state index contributed by atoms with van der Waals surface area (Å²) in [6, 6.07) is 0. The van der Waals surface area contributed by atoms with Gasteiger partial charge in [-0.15, -0.1) is 12.4 Å². The molecule has 1 amide bonds. The Balaban J connectivity index is 0.00000220. The van der Waals surface area contributed by atoms with Gasteiger partial charge in [0.1, 0.15) is 0 Å². The molecule has 2 aliphatic heterocycles. The molecule has 124 valence electrons. The van der Waals surface area contributed by atoms with Gasteiger partial charge in [0.15, 0.2) is 0 Å². The Bertz CT molecular complexity index is 322. The Morgan fingerprint density at radius 2 is 2.05 bits per heavy atom. The lowest BCUT2D eigenvalue weighted by molar-refractivity contribution is -0.142. The lowest BCUT2D eigenvalue weighted by atomic mass is 9.81. The lowest BCUT2D eigenvalue weighted by Crippen LogP contribution is -2.51. The van der Waals surface area contributed by atoms with Crippen molar-refractivity contribution in [2.75, 3.05) is 59.5 Å². The number of halogens is 1. The van der Waals surface area contributed by atoms with Gasteiger partial charge in [-0.2, -0.15) is 0 Å². The Morgan fingerprint density at radius 3 is 2.71 bits per heavy atom. The number of nitrogens with zero attached hydrogens (tertiary/aromatic N) is 2. The van der Waals surface area contributed by atoms with Crippen LogP contribution in [-0.4, -0.2) is 75.2 Å². The number of carbonyl (C=O) groups excluding carboxylic acids is 1. The fourth-order valence-electron chi connectivity index (χ4n) is 3.24. The van der Waals surface area contributed by atoms with E-state index in [1.165, 1.54) is 0 Å². The van der Waals surface area contributed by atoms with E-state index >= 15 is 0 Å². The third-order valence-electron chi connectivity index (χ3n) is 4.60. The van der Waals surface area contributed by atoms with Crippen molar-refractivity contribution in [1.29, 1.82) is 0 Å². The van der Waals surface area contributed by atoms with Crippen LogP contribution in [0, 0.1) is 5.41 Å². The molecule has 2 rings (SSSR count). The summed E-state index contributed by atoms with van der Waals surface area (Å²) < 4.78 is 5.14. The van der Waals surface area contributed by atoms with Crippen LogP contribution in [0.15, 0.2) is 0 Å². The molecule has 1 N–H and O–H groups in total. The smallest absolute Gasteiger partial charge is 0.229 e. The van der Waals surface area contributed by atoms with E-state index in [1.807, 2.05) is 0 Å². The Hall–Kier alpha value is -0.360. The van der Waals surface area contributed by atoms with Crippen molar-refractivity contribution < 1.29 is 9.53 Å². The van der Waals surface area contributed by atoms with Crippen molar-refractivity contribution in [3.63, 3.8) is 0 Å². The number of methoxy groups -OCH3 is 1. The Kier molecular flexibility index (Phi) is 7.95. The zero-order valence-electron chi connectivity index (χ0n) is 13.4. The molecular weight excluding hydrogens is 290 g/mol. The van der Waals surface area contributed by atoms with Crippen molar-refractivity contribution in [1.82, 2.24) is 15.1 Å². The first-order valence-corrected chi connectivity index (χ1v) is 7.87.